The summed E-state index contributed by atoms with van der Waals surface area (Å²) < 4.78 is 12.5. The van der Waals surface area contributed by atoms with Crippen molar-refractivity contribution in [2.75, 3.05) is 0 Å². The van der Waals surface area contributed by atoms with Gasteiger partial charge in [-0.25, -0.2) is 4.39 Å². The summed E-state index contributed by atoms with van der Waals surface area (Å²) in [5, 5.41) is 0. The van der Waals surface area contributed by atoms with E-state index in [1.165, 1.54) is 0 Å². The molecule has 52 valence electrons. The Morgan fingerprint density at radius 2 is 2.22 bits per heavy atom. The van der Waals surface area contributed by atoms with Gasteiger partial charge in [0.2, 0.25) is 0 Å². The van der Waals surface area contributed by atoms with Crippen molar-refractivity contribution in [3.8, 4) is 0 Å². The summed E-state index contributed by atoms with van der Waals surface area (Å²) in [4.78, 5) is 0.431. The molecule has 0 atom stereocenters. The van der Waals surface area contributed by atoms with Crippen molar-refractivity contribution in [1.29, 1.82) is 0 Å². The van der Waals surface area contributed by atoms with Crippen molar-refractivity contribution in [2.24, 2.45) is 0 Å². The lowest BCUT2D eigenvalue weighted by Crippen LogP contribution is -1.71. The maximum Gasteiger partial charge on any atom is 0.113 e. The molecule has 0 N–H and O–H groups in total. The zero-order chi connectivity index (χ0) is 7.28. The van der Waals surface area contributed by atoms with Crippen LogP contribution in [-0.2, 0) is 0 Å². The van der Waals surface area contributed by atoms with Gasteiger partial charge in [0.1, 0.15) is 5.83 Å². The number of halogens is 1. The minimum atomic E-state index is -0.156. The van der Waals surface area contributed by atoms with Gasteiger partial charge in [0.05, 0.1) is 0 Å². The second-order valence-electron chi connectivity index (χ2n) is 1.64. The Kier molecular flexibility index (Phi) is 4.50. The molecule has 0 fully saturated rings. The molecule has 0 saturated carbocycles. The molecule has 9 heavy (non-hydrogen) atoms. The highest BCUT2D eigenvalue weighted by atomic mass is 32.1. The van der Waals surface area contributed by atoms with Gasteiger partial charge in [0, 0.05) is 4.91 Å². The van der Waals surface area contributed by atoms with E-state index in [4.69, 9.17) is 0 Å². The third-order valence-corrected chi connectivity index (χ3v) is 1.30. The van der Waals surface area contributed by atoms with Gasteiger partial charge >= 0.3 is 0 Å². The van der Waals surface area contributed by atoms with Crippen LogP contribution >= 0.6 is 12.6 Å². The largest absolute Gasteiger partial charge is 0.211 e. The molecule has 0 aliphatic carbocycles. The third-order valence-electron chi connectivity index (χ3n) is 0.913. The van der Waals surface area contributed by atoms with Crippen molar-refractivity contribution < 1.29 is 4.39 Å². The quantitative estimate of drug-likeness (QED) is 0.449. The number of hydrogen-bond acceptors (Lipinski definition) is 1. The first-order valence-electron chi connectivity index (χ1n) is 2.92. The molecule has 0 amide bonds. The van der Waals surface area contributed by atoms with Crippen molar-refractivity contribution in [2.45, 2.75) is 20.3 Å². The Hall–Kier alpha value is -0.240. The van der Waals surface area contributed by atoms with Crippen molar-refractivity contribution in [3.63, 3.8) is 0 Å². The summed E-state index contributed by atoms with van der Waals surface area (Å²) in [6, 6.07) is 0. The van der Waals surface area contributed by atoms with E-state index in [-0.39, 0.29) is 5.83 Å². The smallest absolute Gasteiger partial charge is 0.113 e. The Morgan fingerprint density at radius 3 is 2.56 bits per heavy atom. The lowest BCUT2D eigenvalue weighted by molar-refractivity contribution is 0.602. The molecule has 0 spiro atoms. The molecule has 0 aromatic heterocycles. The summed E-state index contributed by atoms with van der Waals surface area (Å²) in [6.45, 7) is 3.59. The van der Waals surface area contributed by atoms with Crippen LogP contribution in [0.3, 0.4) is 0 Å². The molecule has 0 aliphatic rings. The average Bonchev–Trinajstić information content (AvgIpc) is 1.87. The Balaban J connectivity index is 4.10. The van der Waals surface area contributed by atoms with Gasteiger partial charge in [-0.2, -0.15) is 0 Å². The molecule has 0 nitrogen and oxygen atoms in total. The average molecular weight is 146 g/mol. The number of thiol groups is 1. The van der Waals surface area contributed by atoms with Crippen LogP contribution in [0.5, 0.6) is 0 Å². The van der Waals surface area contributed by atoms with E-state index in [0.717, 1.165) is 0 Å². The molecular weight excluding hydrogens is 135 g/mol. The van der Waals surface area contributed by atoms with Crippen LogP contribution < -0.4 is 0 Å². The second-order valence-corrected chi connectivity index (χ2v) is 2.13. The minimum absolute atomic E-state index is 0.156. The summed E-state index contributed by atoms with van der Waals surface area (Å²) in [6.07, 6.45) is 3.82. The second kappa shape index (κ2) is 4.62. The Morgan fingerprint density at radius 1 is 1.67 bits per heavy atom. The highest BCUT2D eigenvalue weighted by molar-refractivity contribution is 7.84. The molecule has 0 unspecified atom stereocenters. The summed E-state index contributed by atoms with van der Waals surface area (Å²) in [5.41, 5.74) is 0. The van der Waals surface area contributed by atoms with Crippen molar-refractivity contribution in [3.05, 3.63) is 22.9 Å². The number of rotatable bonds is 2. The lowest BCUT2D eigenvalue weighted by Gasteiger charge is -1.91. The molecule has 0 heterocycles. The fourth-order valence-electron chi connectivity index (χ4n) is 0.429. The Bertz CT molecular complexity index is 136. The van der Waals surface area contributed by atoms with E-state index < -0.39 is 0 Å². The predicted molar refractivity (Wildman–Crippen MR) is 42.2 cm³/mol. The van der Waals surface area contributed by atoms with Crippen molar-refractivity contribution in [1.82, 2.24) is 0 Å². The van der Waals surface area contributed by atoms with Crippen LogP contribution in [0.4, 0.5) is 4.39 Å². The number of hydrogen-bond donors (Lipinski definition) is 1. The summed E-state index contributed by atoms with van der Waals surface area (Å²) in [5.74, 6) is -0.156. The van der Waals surface area contributed by atoms with Gasteiger partial charge in [-0.15, -0.1) is 12.6 Å². The van der Waals surface area contributed by atoms with Gasteiger partial charge in [0.25, 0.3) is 0 Å². The van der Waals surface area contributed by atoms with Crippen molar-refractivity contribution >= 4 is 12.6 Å². The zero-order valence-corrected chi connectivity index (χ0v) is 6.58. The number of allylic oxidation sites excluding steroid dienone is 3. The van der Waals surface area contributed by atoms with E-state index in [2.05, 4.69) is 12.6 Å². The summed E-state index contributed by atoms with van der Waals surface area (Å²) >= 11 is 3.90. The predicted octanol–water partition coefficient (Wildman–Crippen LogP) is 3.08. The highest BCUT2D eigenvalue weighted by Crippen LogP contribution is 2.14. The fraction of sp³-hybridized carbons (Fsp3) is 0.429. The van der Waals surface area contributed by atoms with Crippen LogP contribution in [0.1, 0.15) is 20.3 Å². The standard InChI is InChI=1S/C7H11FS/c1-3-5-7(9)6(8)4-2/h3,5,9H,4H2,1-2H3/b5-3-,7-6-. The lowest BCUT2D eigenvalue weighted by atomic mass is 10.3. The monoisotopic (exact) mass is 146 g/mol. The summed E-state index contributed by atoms with van der Waals surface area (Å²) in [7, 11) is 0. The molecule has 0 aromatic rings. The normalized spacial score (nSPS) is 14.2. The van der Waals surface area contributed by atoms with Gasteiger partial charge < -0.3 is 0 Å². The highest BCUT2D eigenvalue weighted by Gasteiger charge is 1.92. The third kappa shape index (κ3) is 3.36. The van der Waals surface area contributed by atoms with Crippen LogP contribution in [0, 0.1) is 0 Å². The molecule has 2 heteroatoms. The van der Waals surface area contributed by atoms with E-state index in [9.17, 15) is 4.39 Å². The van der Waals surface area contributed by atoms with E-state index in [0.29, 0.717) is 11.3 Å². The molecular formula is C7H11FS. The minimum Gasteiger partial charge on any atom is -0.211 e. The van der Waals surface area contributed by atoms with Crippen LogP contribution in [0.2, 0.25) is 0 Å². The molecule has 0 saturated heterocycles. The molecule has 0 rings (SSSR count). The van der Waals surface area contributed by atoms with Gasteiger partial charge in [-0.1, -0.05) is 19.1 Å². The molecule has 0 bridgehead atoms. The molecule has 0 aliphatic heterocycles. The maximum absolute atomic E-state index is 12.5. The Labute approximate surface area is 60.9 Å². The topological polar surface area (TPSA) is 0 Å². The van der Waals surface area contributed by atoms with E-state index in [1.807, 2.05) is 6.92 Å². The van der Waals surface area contributed by atoms with E-state index >= 15 is 0 Å². The zero-order valence-electron chi connectivity index (χ0n) is 5.69. The van der Waals surface area contributed by atoms with Crippen LogP contribution in [-0.4, -0.2) is 0 Å². The van der Waals surface area contributed by atoms with Gasteiger partial charge in [0.15, 0.2) is 0 Å². The van der Waals surface area contributed by atoms with Gasteiger partial charge in [-0.05, 0) is 13.3 Å². The molecule has 0 aromatic carbocycles. The van der Waals surface area contributed by atoms with Crippen LogP contribution in [0.15, 0.2) is 22.9 Å². The SMILES string of the molecule is C/C=C\C(S)=C(\F)CC. The van der Waals surface area contributed by atoms with E-state index in [1.54, 1.807) is 19.1 Å². The van der Waals surface area contributed by atoms with Crippen LogP contribution in [0.25, 0.3) is 0 Å². The fourth-order valence-corrected chi connectivity index (χ4v) is 0.737. The maximum atomic E-state index is 12.5. The molecule has 0 radical (unpaired) electrons. The van der Waals surface area contributed by atoms with Gasteiger partial charge in [-0.3, -0.25) is 0 Å². The first-order valence-corrected chi connectivity index (χ1v) is 3.37. The first kappa shape index (κ1) is 8.76. The first-order chi connectivity index (χ1) is 4.22.